The van der Waals surface area contributed by atoms with Crippen molar-refractivity contribution in [3.05, 3.63) is 72.3 Å². The van der Waals surface area contributed by atoms with Gasteiger partial charge in [-0.25, -0.2) is 0 Å². The highest BCUT2D eigenvalue weighted by molar-refractivity contribution is 6.09. The van der Waals surface area contributed by atoms with E-state index in [0.29, 0.717) is 6.54 Å². The highest BCUT2D eigenvalue weighted by Gasteiger charge is 2.08. The van der Waals surface area contributed by atoms with Gasteiger partial charge >= 0.3 is 0 Å². The van der Waals surface area contributed by atoms with Crippen molar-refractivity contribution in [1.29, 1.82) is 0 Å². The first kappa shape index (κ1) is 17.1. The zero-order chi connectivity index (χ0) is 18.6. The number of anilines is 1. The van der Waals surface area contributed by atoms with Gasteiger partial charge < -0.3 is 20.4 Å². The largest absolute Gasteiger partial charge is 0.497 e. The van der Waals surface area contributed by atoms with Crippen LogP contribution in [0.5, 0.6) is 5.75 Å². The summed E-state index contributed by atoms with van der Waals surface area (Å²) in [7, 11) is 1.66. The van der Waals surface area contributed by atoms with Crippen molar-refractivity contribution in [3.8, 4) is 5.75 Å². The molecule has 5 nitrogen and oxygen atoms in total. The molecule has 1 aromatic heterocycles. The molecule has 5 heteroatoms. The number of H-pyrrole nitrogens is 1. The van der Waals surface area contributed by atoms with Gasteiger partial charge in [0.1, 0.15) is 5.75 Å². The molecule has 0 saturated heterocycles. The van der Waals surface area contributed by atoms with Crippen molar-refractivity contribution in [1.82, 2.24) is 10.3 Å². The van der Waals surface area contributed by atoms with Crippen LogP contribution in [-0.4, -0.2) is 24.5 Å². The summed E-state index contributed by atoms with van der Waals surface area (Å²) < 4.78 is 5.28. The number of hydrogen-bond acceptors (Lipinski definition) is 3. The van der Waals surface area contributed by atoms with Crippen LogP contribution >= 0.6 is 0 Å². The Morgan fingerprint density at radius 2 is 1.70 bits per heavy atom. The molecule has 0 bridgehead atoms. The minimum atomic E-state index is -0.0666. The molecule has 136 valence electrons. The van der Waals surface area contributed by atoms with E-state index in [9.17, 15) is 4.79 Å². The third kappa shape index (κ3) is 3.78. The topological polar surface area (TPSA) is 66.1 Å². The Bertz CT molecular complexity index is 1090. The number of fused-ring (bicyclic) bond motifs is 3. The van der Waals surface area contributed by atoms with Gasteiger partial charge in [0.05, 0.1) is 19.2 Å². The Morgan fingerprint density at radius 1 is 0.963 bits per heavy atom. The summed E-state index contributed by atoms with van der Waals surface area (Å²) in [4.78, 5) is 15.6. The lowest BCUT2D eigenvalue weighted by Gasteiger charge is -2.07. The van der Waals surface area contributed by atoms with E-state index in [1.54, 1.807) is 7.11 Å². The molecule has 0 unspecified atom stereocenters. The number of carbonyl (C=O) groups is 1. The van der Waals surface area contributed by atoms with Gasteiger partial charge in [-0.3, -0.25) is 4.79 Å². The van der Waals surface area contributed by atoms with Gasteiger partial charge in [-0.1, -0.05) is 36.4 Å². The zero-order valence-electron chi connectivity index (χ0n) is 15.1. The normalized spacial score (nSPS) is 11.0. The summed E-state index contributed by atoms with van der Waals surface area (Å²) in [6, 6.07) is 21.9. The van der Waals surface area contributed by atoms with Crippen LogP contribution in [0.2, 0.25) is 0 Å². The van der Waals surface area contributed by atoms with Gasteiger partial charge in [0, 0.05) is 34.6 Å². The van der Waals surface area contributed by atoms with E-state index in [4.69, 9.17) is 4.74 Å². The van der Waals surface area contributed by atoms with Gasteiger partial charge in [-0.05, 0) is 29.8 Å². The van der Waals surface area contributed by atoms with E-state index < -0.39 is 0 Å². The second-order valence-corrected chi connectivity index (χ2v) is 6.43. The molecule has 4 rings (SSSR count). The van der Waals surface area contributed by atoms with Crippen LogP contribution in [0.4, 0.5) is 5.69 Å². The molecule has 0 saturated carbocycles. The van der Waals surface area contributed by atoms with Gasteiger partial charge in [0.15, 0.2) is 0 Å². The van der Waals surface area contributed by atoms with Gasteiger partial charge in [-0.2, -0.15) is 0 Å². The maximum absolute atomic E-state index is 12.2. The SMILES string of the molecule is COc1ccc2c(c1)[nH]c1cc(NC(=O)CNCc3ccccc3)ccc12. The number of nitrogens with one attached hydrogen (secondary N) is 3. The molecule has 1 heterocycles. The van der Waals surface area contributed by atoms with Crippen LogP contribution in [0.1, 0.15) is 5.56 Å². The Balaban J connectivity index is 1.44. The molecule has 0 aliphatic heterocycles. The average Bonchev–Trinajstić information content (AvgIpc) is 3.05. The third-order valence-electron chi connectivity index (χ3n) is 4.55. The average molecular weight is 359 g/mol. The number of aromatic nitrogens is 1. The van der Waals surface area contributed by atoms with Crippen LogP contribution in [0.15, 0.2) is 66.7 Å². The summed E-state index contributed by atoms with van der Waals surface area (Å²) in [6.07, 6.45) is 0. The molecule has 0 radical (unpaired) electrons. The van der Waals surface area contributed by atoms with Crippen molar-refractivity contribution in [2.75, 3.05) is 19.0 Å². The molecule has 3 aromatic carbocycles. The highest BCUT2D eigenvalue weighted by Crippen LogP contribution is 2.29. The first-order valence-electron chi connectivity index (χ1n) is 8.87. The summed E-state index contributed by atoms with van der Waals surface area (Å²) in [5, 5.41) is 8.35. The quantitative estimate of drug-likeness (QED) is 0.486. The van der Waals surface area contributed by atoms with E-state index in [0.717, 1.165) is 38.8 Å². The van der Waals surface area contributed by atoms with E-state index in [-0.39, 0.29) is 12.5 Å². The number of rotatable bonds is 6. The number of amides is 1. The number of benzene rings is 3. The predicted molar refractivity (Wildman–Crippen MR) is 109 cm³/mol. The predicted octanol–water partition coefficient (Wildman–Crippen LogP) is 4.06. The standard InChI is InChI=1S/C22H21N3O2/c1-27-17-8-10-19-18-9-7-16(11-20(18)25-21(19)12-17)24-22(26)14-23-13-15-5-3-2-4-6-15/h2-12,23,25H,13-14H2,1H3,(H,24,26). The Kier molecular flexibility index (Phi) is 4.77. The molecule has 27 heavy (non-hydrogen) atoms. The summed E-state index contributed by atoms with van der Waals surface area (Å²) in [5.41, 5.74) is 3.92. The lowest BCUT2D eigenvalue weighted by atomic mass is 10.1. The fraction of sp³-hybridized carbons (Fsp3) is 0.136. The van der Waals surface area contributed by atoms with Crippen LogP contribution in [0, 0.1) is 0 Å². The number of carbonyl (C=O) groups excluding carboxylic acids is 1. The molecule has 0 atom stereocenters. The van der Waals surface area contributed by atoms with Crippen LogP contribution in [-0.2, 0) is 11.3 Å². The molecule has 3 N–H and O–H groups in total. The minimum absolute atomic E-state index is 0.0666. The molecular formula is C22H21N3O2. The third-order valence-corrected chi connectivity index (χ3v) is 4.55. The number of ether oxygens (including phenoxy) is 1. The molecule has 0 fully saturated rings. The molecule has 4 aromatic rings. The summed E-state index contributed by atoms with van der Waals surface area (Å²) in [5.74, 6) is 0.745. The van der Waals surface area contributed by atoms with Crippen molar-refractivity contribution in [2.24, 2.45) is 0 Å². The van der Waals surface area contributed by atoms with Crippen molar-refractivity contribution < 1.29 is 9.53 Å². The maximum Gasteiger partial charge on any atom is 0.238 e. The summed E-state index contributed by atoms with van der Waals surface area (Å²) >= 11 is 0. The molecule has 0 spiro atoms. The van der Waals surface area contributed by atoms with Crippen molar-refractivity contribution in [3.63, 3.8) is 0 Å². The highest BCUT2D eigenvalue weighted by atomic mass is 16.5. The van der Waals surface area contributed by atoms with Gasteiger partial charge in [0.2, 0.25) is 5.91 Å². The van der Waals surface area contributed by atoms with E-state index in [1.165, 1.54) is 0 Å². The van der Waals surface area contributed by atoms with Crippen molar-refractivity contribution >= 4 is 33.4 Å². The summed E-state index contributed by atoms with van der Waals surface area (Å²) in [6.45, 7) is 0.925. The Morgan fingerprint density at radius 3 is 2.48 bits per heavy atom. The van der Waals surface area contributed by atoms with Crippen LogP contribution in [0.3, 0.4) is 0 Å². The maximum atomic E-state index is 12.2. The first-order valence-corrected chi connectivity index (χ1v) is 8.87. The monoisotopic (exact) mass is 359 g/mol. The molecule has 0 aliphatic rings. The lowest BCUT2D eigenvalue weighted by Crippen LogP contribution is -2.27. The number of aromatic amines is 1. The molecular weight excluding hydrogens is 338 g/mol. The lowest BCUT2D eigenvalue weighted by molar-refractivity contribution is -0.115. The van der Waals surface area contributed by atoms with E-state index in [2.05, 4.69) is 15.6 Å². The smallest absolute Gasteiger partial charge is 0.238 e. The van der Waals surface area contributed by atoms with Crippen molar-refractivity contribution in [2.45, 2.75) is 6.54 Å². The zero-order valence-corrected chi connectivity index (χ0v) is 15.1. The first-order chi connectivity index (χ1) is 13.2. The van der Waals surface area contributed by atoms with Gasteiger partial charge in [0.25, 0.3) is 0 Å². The van der Waals surface area contributed by atoms with E-state index >= 15 is 0 Å². The number of hydrogen-bond donors (Lipinski definition) is 3. The fourth-order valence-electron chi connectivity index (χ4n) is 3.22. The van der Waals surface area contributed by atoms with Crippen LogP contribution < -0.4 is 15.4 Å². The van der Waals surface area contributed by atoms with Crippen LogP contribution in [0.25, 0.3) is 21.8 Å². The Labute approximate surface area is 157 Å². The second kappa shape index (κ2) is 7.51. The minimum Gasteiger partial charge on any atom is -0.497 e. The fourth-order valence-corrected chi connectivity index (χ4v) is 3.22. The second-order valence-electron chi connectivity index (χ2n) is 6.43. The van der Waals surface area contributed by atoms with E-state index in [1.807, 2.05) is 66.7 Å². The van der Waals surface area contributed by atoms with Gasteiger partial charge in [-0.15, -0.1) is 0 Å². The molecule has 1 amide bonds. The Hall–Kier alpha value is -3.31. The number of methoxy groups -OCH3 is 1. The molecule has 0 aliphatic carbocycles.